The minimum atomic E-state index is 0.243. The van der Waals surface area contributed by atoms with Crippen molar-refractivity contribution in [1.29, 1.82) is 0 Å². The molecule has 1 aromatic rings. The Kier molecular flexibility index (Phi) is 2.97. The number of carbonyl (C=O) groups is 1. The minimum Gasteiger partial charge on any atom is -0.340 e. The van der Waals surface area contributed by atoms with Gasteiger partial charge in [0.15, 0.2) is 0 Å². The minimum absolute atomic E-state index is 0.243. The molecule has 6 heteroatoms. The van der Waals surface area contributed by atoms with Crippen LogP contribution in [0.25, 0.3) is 0 Å². The molecule has 4 heterocycles. The molecule has 112 valence electrons. The molecule has 21 heavy (non-hydrogen) atoms. The highest BCUT2D eigenvalue weighted by Crippen LogP contribution is 2.40. The quantitative estimate of drug-likeness (QED) is 0.779. The molecule has 3 aliphatic rings. The van der Waals surface area contributed by atoms with Crippen molar-refractivity contribution in [2.75, 3.05) is 44.2 Å². The lowest BCUT2D eigenvalue weighted by atomic mass is 9.79. The molecule has 0 aromatic carbocycles. The van der Waals surface area contributed by atoms with Gasteiger partial charge in [-0.2, -0.15) is 0 Å². The summed E-state index contributed by atoms with van der Waals surface area (Å²) in [5.74, 6) is 0.818. The van der Waals surface area contributed by atoms with E-state index in [9.17, 15) is 4.79 Å². The van der Waals surface area contributed by atoms with Gasteiger partial charge in [-0.05, 0) is 25.3 Å². The van der Waals surface area contributed by atoms with Crippen molar-refractivity contribution in [3.8, 4) is 0 Å². The summed E-state index contributed by atoms with van der Waals surface area (Å²) in [5, 5.41) is 0. The standard InChI is InChI=1S/C15H21N5O/c21-14(18-7-1-2-8-18)20-11-15(12-20)4-9-19(10-15)13-16-5-3-6-17-13/h3,5-6H,1-2,4,7-12H2. The average Bonchev–Trinajstić information content (AvgIpc) is 3.15. The Morgan fingerprint density at radius 2 is 1.71 bits per heavy atom. The molecule has 0 aliphatic carbocycles. The van der Waals surface area contributed by atoms with Crippen LogP contribution in [-0.2, 0) is 0 Å². The summed E-state index contributed by atoms with van der Waals surface area (Å²) in [6.07, 6.45) is 7.03. The average molecular weight is 287 g/mol. The van der Waals surface area contributed by atoms with Gasteiger partial charge in [0.2, 0.25) is 5.95 Å². The van der Waals surface area contributed by atoms with Gasteiger partial charge >= 0.3 is 6.03 Å². The molecule has 1 aromatic heterocycles. The Morgan fingerprint density at radius 1 is 1.00 bits per heavy atom. The van der Waals surface area contributed by atoms with Crippen LogP contribution in [0.5, 0.6) is 0 Å². The van der Waals surface area contributed by atoms with E-state index in [1.165, 1.54) is 0 Å². The number of amides is 2. The highest BCUT2D eigenvalue weighted by Gasteiger charge is 2.50. The van der Waals surface area contributed by atoms with Crippen LogP contribution in [0.3, 0.4) is 0 Å². The first-order valence-electron chi connectivity index (χ1n) is 7.82. The van der Waals surface area contributed by atoms with Gasteiger partial charge in [-0.15, -0.1) is 0 Å². The largest absolute Gasteiger partial charge is 0.340 e. The van der Waals surface area contributed by atoms with E-state index < -0.39 is 0 Å². The summed E-state index contributed by atoms with van der Waals surface area (Å²) in [5.41, 5.74) is 0.272. The van der Waals surface area contributed by atoms with E-state index in [1.807, 2.05) is 15.9 Å². The molecule has 0 N–H and O–H groups in total. The number of anilines is 1. The van der Waals surface area contributed by atoms with Crippen molar-refractivity contribution in [2.24, 2.45) is 5.41 Å². The molecule has 0 atom stereocenters. The Bertz CT molecular complexity index is 522. The lowest BCUT2D eigenvalue weighted by Crippen LogP contribution is -2.62. The number of nitrogens with zero attached hydrogens (tertiary/aromatic N) is 5. The number of hydrogen-bond donors (Lipinski definition) is 0. The van der Waals surface area contributed by atoms with Crippen LogP contribution in [0.15, 0.2) is 18.5 Å². The van der Waals surface area contributed by atoms with Gasteiger partial charge in [-0.1, -0.05) is 0 Å². The van der Waals surface area contributed by atoms with Gasteiger partial charge in [-0.3, -0.25) is 0 Å². The molecular weight excluding hydrogens is 266 g/mol. The Hall–Kier alpha value is -1.85. The summed E-state index contributed by atoms with van der Waals surface area (Å²) >= 11 is 0. The molecule has 4 rings (SSSR count). The molecule has 3 saturated heterocycles. The van der Waals surface area contributed by atoms with E-state index in [0.717, 1.165) is 64.5 Å². The first kappa shape index (κ1) is 12.9. The topological polar surface area (TPSA) is 52.6 Å². The monoisotopic (exact) mass is 287 g/mol. The normalized spacial score (nSPS) is 23.7. The predicted octanol–water partition coefficient (Wildman–Crippen LogP) is 1.20. The van der Waals surface area contributed by atoms with Crippen LogP contribution in [0, 0.1) is 5.41 Å². The number of aromatic nitrogens is 2. The third kappa shape index (κ3) is 2.22. The van der Waals surface area contributed by atoms with Crippen LogP contribution in [0.4, 0.5) is 10.7 Å². The van der Waals surface area contributed by atoms with Crippen LogP contribution in [0.2, 0.25) is 0 Å². The third-order valence-electron chi connectivity index (χ3n) is 4.97. The van der Waals surface area contributed by atoms with E-state index in [4.69, 9.17) is 0 Å². The number of likely N-dealkylation sites (tertiary alicyclic amines) is 2. The zero-order valence-corrected chi connectivity index (χ0v) is 12.2. The van der Waals surface area contributed by atoms with Crippen molar-refractivity contribution < 1.29 is 4.79 Å². The Balaban J connectivity index is 1.36. The first-order valence-corrected chi connectivity index (χ1v) is 7.82. The molecule has 0 bridgehead atoms. The van der Waals surface area contributed by atoms with Crippen molar-refractivity contribution in [1.82, 2.24) is 19.8 Å². The van der Waals surface area contributed by atoms with Gasteiger partial charge in [-0.25, -0.2) is 14.8 Å². The van der Waals surface area contributed by atoms with Gasteiger partial charge in [0.05, 0.1) is 0 Å². The van der Waals surface area contributed by atoms with E-state index >= 15 is 0 Å². The fraction of sp³-hybridized carbons (Fsp3) is 0.667. The molecule has 6 nitrogen and oxygen atoms in total. The fourth-order valence-corrected chi connectivity index (χ4v) is 3.83. The molecule has 3 aliphatic heterocycles. The summed E-state index contributed by atoms with van der Waals surface area (Å²) in [7, 11) is 0. The molecule has 0 unspecified atom stereocenters. The lowest BCUT2D eigenvalue weighted by molar-refractivity contribution is 0.0349. The number of rotatable bonds is 1. The number of hydrogen-bond acceptors (Lipinski definition) is 4. The Morgan fingerprint density at radius 3 is 2.43 bits per heavy atom. The maximum Gasteiger partial charge on any atom is 0.320 e. The second kappa shape index (κ2) is 4.86. The van der Waals surface area contributed by atoms with Gasteiger partial charge in [0, 0.05) is 57.1 Å². The first-order chi connectivity index (χ1) is 10.3. The zero-order valence-electron chi connectivity index (χ0n) is 12.2. The smallest absolute Gasteiger partial charge is 0.320 e. The highest BCUT2D eigenvalue weighted by atomic mass is 16.2. The van der Waals surface area contributed by atoms with E-state index in [-0.39, 0.29) is 11.4 Å². The molecule has 0 saturated carbocycles. The molecule has 1 spiro atoms. The SMILES string of the molecule is O=C(N1CCCC1)N1CC2(CCN(c3ncccn3)C2)C1. The highest BCUT2D eigenvalue weighted by molar-refractivity contribution is 5.76. The maximum absolute atomic E-state index is 12.3. The summed E-state index contributed by atoms with van der Waals surface area (Å²) < 4.78 is 0. The second-order valence-corrected chi connectivity index (χ2v) is 6.55. The van der Waals surface area contributed by atoms with E-state index in [1.54, 1.807) is 12.4 Å². The molecule has 2 amide bonds. The molecular formula is C15H21N5O. The molecule has 0 radical (unpaired) electrons. The van der Waals surface area contributed by atoms with Crippen LogP contribution >= 0.6 is 0 Å². The third-order valence-corrected chi connectivity index (χ3v) is 4.97. The van der Waals surface area contributed by atoms with Crippen molar-refractivity contribution >= 4 is 12.0 Å². The van der Waals surface area contributed by atoms with Crippen molar-refractivity contribution in [3.63, 3.8) is 0 Å². The lowest BCUT2D eigenvalue weighted by Gasteiger charge is -2.48. The van der Waals surface area contributed by atoms with E-state index in [0.29, 0.717) is 0 Å². The zero-order chi connectivity index (χ0) is 14.3. The summed E-state index contributed by atoms with van der Waals surface area (Å²) in [4.78, 5) is 27.3. The predicted molar refractivity (Wildman–Crippen MR) is 79.1 cm³/mol. The van der Waals surface area contributed by atoms with Crippen LogP contribution < -0.4 is 4.90 Å². The van der Waals surface area contributed by atoms with Gasteiger partial charge in [0.1, 0.15) is 0 Å². The van der Waals surface area contributed by atoms with E-state index in [2.05, 4.69) is 14.9 Å². The number of carbonyl (C=O) groups excluding carboxylic acids is 1. The summed E-state index contributed by atoms with van der Waals surface area (Å²) in [6.45, 7) is 5.63. The second-order valence-electron chi connectivity index (χ2n) is 6.55. The van der Waals surface area contributed by atoms with Crippen LogP contribution in [-0.4, -0.2) is 65.1 Å². The van der Waals surface area contributed by atoms with Crippen LogP contribution in [0.1, 0.15) is 19.3 Å². The fourth-order valence-electron chi connectivity index (χ4n) is 3.83. The maximum atomic E-state index is 12.3. The van der Waals surface area contributed by atoms with Crippen molar-refractivity contribution in [3.05, 3.63) is 18.5 Å². The Labute approximate surface area is 124 Å². The molecule has 3 fully saturated rings. The van der Waals surface area contributed by atoms with Gasteiger partial charge < -0.3 is 14.7 Å². The number of urea groups is 1. The summed E-state index contributed by atoms with van der Waals surface area (Å²) in [6, 6.07) is 2.09. The van der Waals surface area contributed by atoms with Crippen molar-refractivity contribution in [2.45, 2.75) is 19.3 Å². The van der Waals surface area contributed by atoms with Gasteiger partial charge in [0.25, 0.3) is 0 Å².